The van der Waals surface area contributed by atoms with Crippen molar-refractivity contribution in [1.29, 1.82) is 0 Å². The van der Waals surface area contributed by atoms with Gasteiger partial charge in [0.1, 0.15) is 5.75 Å². The minimum atomic E-state index is -0.454. The van der Waals surface area contributed by atoms with E-state index >= 15 is 0 Å². The topological polar surface area (TPSA) is 61.6 Å². The summed E-state index contributed by atoms with van der Waals surface area (Å²) in [5.41, 5.74) is 3.61. The van der Waals surface area contributed by atoms with Gasteiger partial charge in [0, 0.05) is 5.56 Å². The Bertz CT molecular complexity index is 901. The predicted octanol–water partition coefficient (Wildman–Crippen LogP) is 3.95. The highest BCUT2D eigenvalue weighted by atomic mass is 16.6. The smallest absolute Gasteiger partial charge is 0.344 e. The van der Waals surface area contributed by atoms with Crippen molar-refractivity contribution in [3.05, 3.63) is 71.7 Å². The fraction of sp³-hybridized carbons (Fsp3) is 0.238. The number of carbonyl (C=O) groups excluding carboxylic acids is 1. The second-order valence-corrected chi connectivity index (χ2v) is 6.22. The second-order valence-electron chi connectivity index (χ2n) is 6.22. The fourth-order valence-electron chi connectivity index (χ4n) is 3.08. The van der Waals surface area contributed by atoms with E-state index in [4.69, 9.17) is 13.9 Å². The average molecular weight is 349 g/mol. The lowest BCUT2D eigenvalue weighted by Crippen LogP contribution is -2.14. The number of aromatic nitrogens is 1. The summed E-state index contributed by atoms with van der Waals surface area (Å²) in [6.07, 6.45) is 5.01. The summed E-state index contributed by atoms with van der Waals surface area (Å²) in [6, 6.07) is 15.6. The first kappa shape index (κ1) is 16.4. The lowest BCUT2D eigenvalue weighted by Gasteiger charge is -2.07. The van der Waals surface area contributed by atoms with E-state index in [1.807, 2.05) is 42.5 Å². The maximum Gasteiger partial charge on any atom is 0.344 e. The first-order valence-electron chi connectivity index (χ1n) is 8.68. The van der Waals surface area contributed by atoms with Crippen LogP contribution in [0.25, 0.3) is 11.3 Å². The van der Waals surface area contributed by atoms with E-state index in [0.717, 1.165) is 18.4 Å². The molecule has 26 heavy (non-hydrogen) atoms. The molecule has 0 aliphatic heterocycles. The number of esters is 1. The van der Waals surface area contributed by atoms with Crippen molar-refractivity contribution in [2.45, 2.75) is 25.9 Å². The summed E-state index contributed by atoms with van der Waals surface area (Å²) < 4.78 is 16.3. The van der Waals surface area contributed by atoms with Crippen molar-refractivity contribution < 1.29 is 18.7 Å². The van der Waals surface area contributed by atoms with E-state index in [1.165, 1.54) is 17.5 Å². The van der Waals surface area contributed by atoms with Crippen LogP contribution in [0.4, 0.5) is 0 Å². The van der Waals surface area contributed by atoms with Gasteiger partial charge in [0.25, 0.3) is 0 Å². The van der Waals surface area contributed by atoms with Crippen molar-refractivity contribution in [2.75, 3.05) is 6.61 Å². The van der Waals surface area contributed by atoms with Gasteiger partial charge in [0.05, 0.1) is 6.20 Å². The highest BCUT2D eigenvalue weighted by molar-refractivity contribution is 5.71. The fourth-order valence-corrected chi connectivity index (χ4v) is 3.08. The Morgan fingerprint density at radius 3 is 2.81 bits per heavy atom. The molecule has 5 nitrogen and oxygen atoms in total. The molecule has 0 unspecified atom stereocenters. The zero-order valence-electron chi connectivity index (χ0n) is 14.3. The minimum Gasteiger partial charge on any atom is -0.482 e. The molecule has 0 atom stereocenters. The highest BCUT2D eigenvalue weighted by Crippen LogP contribution is 2.26. The van der Waals surface area contributed by atoms with Crippen molar-refractivity contribution in [1.82, 2.24) is 4.98 Å². The van der Waals surface area contributed by atoms with Gasteiger partial charge in [-0.2, -0.15) is 0 Å². The molecular weight excluding hydrogens is 330 g/mol. The quantitative estimate of drug-likeness (QED) is 0.631. The van der Waals surface area contributed by atoms with Crippen LogP contribution < -0.4 is 4.74 Å². The number of nitrogens with zero attached hydrogens (tertiary/aromatic N) is 1. The number of oxazole rings is 1. The molecular formula is C21H19NO4. The Kier molecular flexibility index (Phi) is 4.69. The highest BCUT2D eigenvalue weighted by Gasteiger charge is 2.13. The molecule has 0 bridgehead atoms. The van der Waals surface area contributed by atoms with Gasteiger partial charge in [-0.15, -0.1) is 0 Å². The monoisotopic (exact) mass is 349 g/mol. The van der Waals surface area contributed by atoms with Gasteiger partial charge in [-0.25, -0.2) is 9.78 Å². The van der Waals surface area contributed by atoms with Gasteiger partial charge in [-0.1, -0.05) is 36.4 Å². The third-order valence-corrected chi connectivity index (χ3v) is 4.40. The standard InChI is InChI=1S/C21H19NO4/c23-21(14-24-18-10-9-15-7-4-8-17(15)11-18)25-13-20-22-12-19(26-20)16-5-2-1-3-6-16/h1-3,5-6,9-12H,4,7-8,13-14H2. The number of ether oxygens (including phenoxy) is 2. The van der Waals surface area contributed by atoms with Crippen LogP contribution >= 0.6 is 0 Å². The van der Waals surface area contributed by atoms with Crippen molar-refractivity contribution >= 4 is 5.97 Å². The second kappa shape index (κ2) is 7.44. The number of benzene rings is 2. The van der Waals surface area contributed by atoms with E-state index < -0.39 is 5.97 Å². The zero-order chi connectivity index (χ0) is 17.8. The van der Waals surface area contributed by atoms with E-state index in [-0.39, 0.29) is 13.2 Å². The summed E-state index contributed by atoms with van der Waals surface area (Å²) in [5, 5.41) is 0. The van der Waals surface area contributed by atoms with Gasteiger partial charge in [-0.3, -0.25) is 0 Å². The molecule has 0 N–H and O–H groups in total. The Morgan fingerprint density at radius 2 is 1.92 bits per heavy atom. The van der Waals surface area contributed by atoms with Crippen LogP contribution in [0.2, 0.25) is 0 Å². The molecule has 0 saturated carbocycles. The maximum atomic E-state index is 11.9. The molecule has 4 rings (SSSR count). The van der Waals surface area contributed by atoms with Crippen LogP contribution in [-0.2, 0) is 29.0 Å². The van der Waals surface area contributed by atoms with Crippen molar-refractivity contribution in [2.24, 2.45) is 0 Å². The number of aryl methyl sites for hydroxylation is 2. The first-order valence-corrected chi connectivity index (χ1v) is 8.68. The lowest BCUT2D eigenvalue weighted by atomic mass is 10.1. The molecule has 5 heteroatoms. The predicted molar refractivity (Wildman–Crippen MR) is 95.7 cm³/mol. The van der Waals surface area contributed by atoms with E-state index in [9.17, 15) is 4.79 Å². The lowest BCUT2D eigenvalue weighted by molar-refractivity contribution is -0.148. The third kappa shape index (κ3) is 3.77. The van der Waals surface area contributed by atoms with Crippen LogP contribution in [-0.4, -0.2) is 17.6 Å². The molecule has 0 amide bonds. The molecule has 0 saturated heterocycles. The van der Waals surface area contributed by atoms with Gasteiger partial charge < -0.3 is 13.9 Å². The molecule has 3 aromatic rings. The Hall–Kier alpha value is -3.08. The summed E-state index contributed by atoms with van der Waals surface area (Å²) >= 11 is 0. The maximum absolute atomic E-state index is 11.9. The Morgan fingerprint density at radius 1 is 1.08 bits per heavy atom. The summed E-state index contributed by atoms with van der Waals surface area (Å²) in [4.78, 5) is 16.0. The molecule has 1 heterocycles. The SMILES string of the molecule is O=C(COc1ccc2c(c1)CCC2)OCc1ncc(-c2ccccc2)o1. The summed E-state index contributed by atoms with van der Waals surface area (Å²) in [5.74, 6) is 1.25. The molecule has 1 aliphatic carbocycles. The molecule has 0 radical (unpaired) electrons. The number of carbonyl (C=O) groups is 1. The van der Waals surface area contributed by atoms with Crippen LogP contribution in [0, 0.1) is 0 Å². The van der Waals surface area contributed by atoms with Gasteiger partial charge in [0.15, 0.2) is 19.0 Å². The van der Waals surface area contributed by atoms with E-state index in [0.29, 0.717) is 17.4 Å². The zero-order valence-corrected chi connectivity index (χ0v) is 14.3. The normalized spacial score (nSPS) is 12.6. The molecule has 1 aliphatic rings. The van der Waals surface area contributed by atoms with Gasteiger partial charge >= 0.3 is 5.97 Å². The van der Waals surface area contributed by atoms with E-state index in [2.05, 4.69) is 11.1 Å². The summed E-state index contributed by atoms with van der Waals surface area (Å²) in [7, 11) is 0. The van der Waals surface area contributed by atoms with Gasteiger partial charge in [-0.05, 0) is 42.5 Å². The summed E-state index contributed by atoms with van der Waals surface area (Å²) in [6.45, 7) is -0.149. The number of rotatable bonds is 6. The molecule has 132 valence electrons. The third-order valence-electron chi connectivity index (χ3n) is 4.40. The Balaban J connectivity index is 1.27. The molecule has 0 fully saturated rings. The van der Waals surface area contributed by atoms with Crippen LogP contribution in [0.1, 0.15) is 23.4 Å². The van der Waals surface area contributed by atoms with Crippen LogP contribution in [0.3, 0.4) is 0 Å². The number of hydrogen-bond acceptors (Lipinski definition) is 5. The van der Waals surface area contributed by atoms with Crippen molar-refractivity contribution in [3.8, 4) is 17.1 Å². The largest absolute Gasteiger partial charge is 0.482 e. The van der Waals surface area contributed by atoms with Crippen LogP contribution in [0.15, 0.2) is 59.1 Å². The number of fused-ring (bicyclic) bond motifs is 1. The first-order chi connectivity index (χ1) is 12.8. The van der Waals surface area contributed by atoms with Crippen LogP contribution in [0.5, 0.6) is 5.75 Å². The molecule has 1 aromatic heterocycles. The molecule has 0 spiro atoms. The number of hydrogen-bond donors (Lipinski definition) is 0. The molecule has 2 aromatic carbocycles. The van der Waals surface area contributed by atoms with E-state index in [1.54, 1.807) is 6.20 Å². The average Bonchev–Trinajstić information content (AvgIpc) is 3.34. The van der Waals surface area contributed by atoms with Crippen molar-refractivity contribution in [3.63, 3.8) is 0 Å². The Labute approximate surface area is 151 Å². The minimum absolute atomic E-state index is 0.0147. The van der Waals surface area contributed by atoms with Gasteiger partial charge in [0.2, 0.25) is 5.89 Å².